The first kappa shape index (κ1) is 12.1. The highest BCUT2D eigenvalue weighted by molar-refractivity contribution is 5.65. The second-order valence-corrected chi connectivity index (χ2v) is 4.03. The van der Waals surface area contributed by atoms with E-state index in [2.05, 4.69) is 5.10 Å². The van der Waals surface area contributed by atoms with Crippen LogP contribution in [-0.2, 0) is 11.8 Å². The maximum atomic E-state index is 10.9. The summed E-state index contributed by atoms with van der Waals surface area (Å²) in [6.07, 6.45) is 0.626. The van der Waals surface area contributed by atoms with Gasteiger partial charge in [0.05, 0.1) is 11.5 Å². The molecule has 0 radical (unpaired) electrons. The zero-order chi connectivity index (χ0) is 13.3. The molecular formula is C9H13N5O4. The highest BCUT2D eigenvalue weighted by atomic mass is 16.6. The Hall–Kier alpha value is -2.32. The third kappa shape index (κ3) is 2.19. The number of nitro groups is 1. The minimum Gasteiger partial charge on any atom is -0.444 e. The van der Waals surface area contributed by atoms with Crippen molar-refractivity contribution in [2.45, 2.75) is 12.5 Å². The molecule has 9 heteroatoms. The number of hydrogen-bond donors (Lipinski definition) is 1. The number of ether oxygens (including phenoxy) is 1. The summed E-state index contributed by atoms with van der Waals surface area (Å²) in [6, 6.07) is 0. The largest absolute Gasteiger partial charge is 0.444 e. The summed E-state index contributed by atoms with van der Waals surface area (Å²) in [5, 5.41) is 14.7. The number of anilines is 1. The summed E-state index contributed by atoms with van der Waals surface area (Å²) in [6.45, 7) is 0.932. The molecule has 2 N–H and O–H groups in total. The Morgan fingerprint density at radius 2 is 2.44 bits per heavy atom. The van der Waals surface area contributed by atoms with Gasteiger partial charge in [-0.1, -0.05) is 0 Å². The van der Waals surface area contributed by atoms with Gasteiger partial charge in [0.1, 0.15) is 12.3 Å². The van der Waals surface area contributed by atoms with Crippen LogP contribution < -0.4 is 10.6 Å². The normalized spacial score (nSPS) is 18.9. The van der Waals surface area contributed by atoms with E-state index in [-0.39, 0.29) is 11.8 Å². The zero-order valence-corrected chi connectivity index (χ0v) is 9.78. The van der Waals surface area contributed by atoms with Crippen molar-refractivity contribution in [2.75, 3.05) is 18.0 Å². The zero-order valence-electron chi connectivity index (χ0n) is 9.78. The molecule has 1 aliphatic rings. The summed E-state index contributed by atoms with van der Waals surface area (Å²) in [7, 11) is 1.63. The molecule has 0 spiro atoms. The van der Waals surface area contributed by atoms with Crippen LogP contribution in [0.3, 0.4) is 0 Å². The van der Waals surface area contributed by atoms with E-state index in [4.69, 9.17) is 10.5 Å². The average molecular weight is 255 g/mol. The summed E-state index contributed by atoms with van der Waals surface area (Å²) in [5.41, 5.74) is 4.88. The lowest BCUT2D eigenvalue weighted by Gasteiger charge is -2.17. The molecular weight excluding hydrogens is 242 g/mol. The van der Waals surface area contributed by atoms with Gasteiger partial charge in [-0.15, -0.1) is 0 Å². The van der Waals surface area contributed by atoms with Crippen molar-refractivity contribution in [2.24, 2.45) is 12.8 Å². The second-order valence-electron chi connectivity index (χ2n) is 4.03. The fourth-order valence-electron chi connectivity index (χ4n) is 2.10. The van der Waals surface area contributed by atoms with Gasteiger partial charge in [0, 0.05) is 20.0 Å². The number of hydrogen-bond acceptors (Lipinski definition) is 6. The van der Waals surface area contributed by atoms with Crippen molar-refractivity contribution in [1.29, 1.82) is 0 Å². The molecule has 2 rings (SSSR count). The molecule has 2 heterocycles. The highest BCUT2D eigenvalue weighted by Crippen LogP contribution is 2.30. The van der Waals surface area contributed by atoms with Gasteiger partial charge in [-0.25, -0.2) is 9.48 Å². The number of carbonyl (C=O) groups is 1. The predicted octanol–water partition coefficient (Wildman–Crippen LogP) is 0.00230. The van der Waals surface area contributed by atoms with E-state index in [1.807, 2.05) is 0 Å². The number of primary amides is 1. The van der Waals surface area contributed by atoms with Crippen molar-refractivity contribution in [1.82, 2.24) is 9.78 Å². The molecule has 0 aliphatic carbocycles. The maximum Gasteiger partial charge on any atom is 0.404 e. The van der Waals surface area contributed by atoms with Crippen molar-refractivity contribution >= 4 is 17.6 Å². The number of rotatable bonds is 3. The number of amides is 1. The number of nitrogens with zero attached hydrogens (tertiary/aromatic N) is 4. The topological polar surface area (TPSA) is 117 Å². The van der Waals surface area contributed by atoms with Gasteiger partial charge in [-0.05, 0) is 0 Å². The Morgan fingerprint density at radius 1 is 1.72 bits per heavy atom. The van der Waals surface area contributed by atoms with Gasteiger partial charge in [-0.3, -0.25) is 10.1 Å². The summed E-state index contributed by atoms with van der Waals surface area (Å²) < 4.78 is 6.31. The summed E-state index contributed by atoms with van der Waals surface area (Å²) in [5.74, 6) is 0.413. The number of aromatic nitrogens is 2. The molecule has 1 aliphatic heterocycles. The Labute approximate surface area is 102 Å². The van der Waals surface area contributed by atoms with E-state index in [9.17, 15) is 14.9 Å². The van der Waals surface area contributed by atoms with Gasteiger partial charge in [0.25, 0.3) is 0 Å². The Bertz CT molecular complexity index is 485. The average Bonchev–Trinajstić information content (AvgIpc) is 2.83. The summed E-state index contributed by atoms with van der Waals surface area (Å²) >= 11 is 0. The van der Waals surface area contributed by atoms with Gasteiger partial charge in [0.2, 0.25) is 5.82 Å². The monoisotopic (exact) mass is 255 g/mol. The summed E-state index contributed by atoms with van der Waals surface area (Å²) in [4.78, 5) is 22.8. The molecule has 0 unspecified atom stereocenters. The van der Waals surface area contributed by atoms with E-state index in [0.717, 1.165) is 0 Å². The molecule has 0 bridgehead atoms. The standard InChI is InChI=1S/C9H13N5O4/c1-12-8(7(4-11-12)14(16)17)13-3-2-6(5-13)18-9(10)15/h4,6H,2-3,5H2,1H3,(H2,10,15)/t6-/m0/s1. The van der Waals surface area contributed by atoms with E-state index in [1.54, 1.807) is 11.9 Å². The van der Waals surface area contributed by atoms with Crippen molar-refractivity contribution in [3.63, 3.8) is 0 Å². The van der Waals surface area contributed by atoms with E-state index in [1.165, 1.54) is 10.9 Å². The van der Waals surface area contributed by atoms with Crippen LogP contribution >= 0.6 is 0 Å². The molecule has 9 nitrogen and oxygen atoms in total. The van der Waals surface area contributed by atoms with E-state index >= 15 is 0 Å². The minimum atomic E-state index is -0.832. The first-order chi connectivity index (χ1) is 8.49. The Kier molecular flexibility index (Phi) is 3.04. The van der Waals surface area contributed by atoms with E-state index in [0.29, 0.717) is 25.3 Å². The van der Waals surface area contributed by atoms with Crippen LogP contribution in [-0.4, -0.2) is 40.0 Å². The quantitative estimate of drug-likeness (QED) is 0.600. The van der Waals surface area contributed by atoms with Crippen molar-refractivity contribution in [3.8, 4) is 0 Å². The van der Waals surface area contributed by atoms with Crippen LogP contribution in [0.2, 0.25) is 0 Å². The Balaban J connectivity index is 2.16. The smallest absolute Gasteiger partial charge is 0.404 e. The molecule has 1 fully saturated rings. The van der Waals surface area contributed by atoms with Crippen LogP contribution in [0.25, 0.3) is 0 Å². The highest BCUT2D eigenvalue weighted by Gasteiger charge is 2.32. The van der Waals surface area contributed by atoms with Crippen molar-refractivity contribution in [3.05, 3.63) is 16.3 Å². The molecule has 1 saturated heterocycles. The molecule has 18 heavy (non-hydrogen) atoms. The predicted molar refractivity (Wildman–Crippen MR) is 61.1 cm³/mol. The van der Waals surface area contributed by atoms with Crippen LogP contribution in [0.4, 0.5) is 16.3 Å². The molecule has 98 valence electrons. The van der Waals surface area contributed by atoms with Crippen LogP contribution in [0.15, 0.2) is 6.20 Å². The molecule has 1 aromatic heterocycles. The third-order valence-electron chi connectivity index (χ3n) is 2.81. The van der Waals surface area contributed by atoms with Crippen LogP contribution in [0.1, 0.15) is 6.42 Å². The fraction of sp³-hybridized carbons (Fsp3) is 0.556. The number of aryl methyl sites for hydroxylation is 1. The minimum absolute atomic E-state index is 0.0581. The second kappa shape index (κ2) is 4.51. The van der Waals surface area contributed by atoms with Crippen LogP contribution in [0.5, 0.6) is 0 Å². The maximum absolute atomic E-state index is 10.9. The van der Waals surface area contributed by atoms with Gasteiger partial charge < -0.3 is 15.4 Å². The van der Waals surface area contributed by atoms with Gasteiger partial charge in [0.15, 0.2) is 0 Å². The lowest BCUT2D eigenvalue weighted by molar-refractivity contribution is -0.384. The third-order valence-corrected chi connectivity index (χ3v) is 2.81. The molecule has 1 aromatic rings. The SMILES string of the molecule is Cn1ncc([N+](=O)[O-])c1N1CC[C@H](OC(N)=O)C1. The first-order valence-corrected chi connectivity index (χ1v) is 5.36. The molecule has 1 amide bonds. The Morgan fingerprint density at radius 3 is 3.06 bits per heavy atom. The fourth-order valence-corrected chi connectivity index (χ4v) is 2.10. The first-order valence-electron chi connectivity index (χ1n) is 5.36. The molecule has 1 atom stereocenters. The van der Waals surface area contributed by atoms with Gasteiger partial charge in [-0.2, -0.15) is 5.10 Å². The molecule has 0 aromatic carbocycles. The number of carbonyl (C=O) groups excluding carboxylic acids is 1. The van der Waals surface area contributed by atoms with Crippen LogP contribution in [0, 0.1) is 10.1 Å². The molecule has 0 saturated carbocycles. The number of nitrogens with two attached hydrogens (primary N) is 1. The lowest BCUT2D eigenvalue weighted by atomic mass is 10.3. The van der Waals surface area contributed by atoms with Crippen molar-refractivity contribution < 1.29 is 14.5 Å². The van der Waals surface area contributed by atoms with Gasteiger partial charge >= 0.3 is 11.8 Å². The lowest BCUT2D eigenvalue weighted by Crippen LogP contribution is -2.28. The van der Waals surface area contributed by atoms with E-state index < -0.39 is 11.0 Å².